The van der Waals surface area contributed by atoms with Crippen LogP contribution in [0.3, 0.4) is 0 Å². The fraction of sp³-hybridized carbons (Fsp3) is 0.304. The molecular weight excluding hydrogens is 412 g/mol. The SMILES string of the molecule is COc1ccc(F)cc1C1(CC(O)(C=Nc2ccc3ccccc3n2)C(F)(F)F)CC1. The molecule has 4 rings (SSSR count). The number of nitrogens with zero attached hydrogens (tertiary/aromatic N) is 2. The van der Waals surface area contributed by atoms with Gasteiger partial charge in [-0.05, 0) is 49.2 Å². The third kappa shape index (κ3) is 4.12. The van der Waals surface area contributed by atoms with Crippen LogP contribution in [-0.2, 0) is 5.41 Å². The van der Waals surface area contributed by atoms with Gasteiger partial charge in [0.05, 0.1) is 12.6 Å². The molecule has 0 aliphatic heterocycles. The van der Waals surface area contributed by atoms with Gasteiger partial charge in [0.1, 0.15) is 11.6 Å². The van der Waals surface area contributed by atoms with E-state index < -0.39 is 29.4 Å². The molecule has 1 N–H and O–H groups in total. The minimum absolute atomic E-state index is 0.0505. The average Bonchev–Trinajstić information content (AvgIpc) is 3.51. The molecule has 0 spiro atoms. The summed E-state index contributed by atoms with van der Waals surface area (Å²) >= 11 is 0. The fourth-order valence-corrected chi connectivity index (χ4v) is 3.82. The number of fused-ring (bicyclic) bond motifs is 1. The largest absolute Gasteiger partial charge is 0.496 e. The summed E-state index contributed by atoms with van der Waals surface area (Å²) in [4.78, 5) is 8.07. The molecular formula is C23H20F4N2O2. The first kappa shape index (κ1) is 21.2. The summed E-state index contributed by atoms with van der Waals surface area (Å²) in [6, 6.07) is 14.0. The van der Waals surface area contributed by atoms with Crippen LogP contribution in [0.1, 0.15) is 24.8 Å². The van der Waals surface area contributed by atoms with Crippen LogP contribution in [0.15, 0.2) is 59.6 Å². The van der Waals surface area contributed by atoms with Crippen molar-refractivity contribution in [3.8, 4) is 5.75 Å². The smallest absolute Gasteiger partial charge is 0.422 e. The number of aromatic nitrogens is 1. The molecule has 0 radical (unpaired) electrons. The number of para-hydroxylation sites is 1. The monoisotopic (exact) mass is 432 g/mol. The summed E-state index contributed by atoms with van der Waals surface area (Å²) in [5.74, 6) is -0.238. The predicted molar refractivity (Wildman–Crippen MR) is 109 cm³/mol. The van der Waals surface area contributed by atoms with Crippen molar-refractivity contribution in [3.63, 3.8) is 0 Å². The fourth-order valence-electron chi connectivity index (χ4n) is 3.82. The Labute approximate surface area is 176 Å². The number of alkyl halides is 3. The molecule has 8 heteroatoms. The minimum atomic E-state index is -4.98. The highest BCUT2D eigenvalue weighted by Crippen LogP contribution is 2.57. The van der Waals surface area contributed by atoms with Crippen molar-refractivity contribution in [1.82, 2.24) is 4.98 Å². The van der Waals surface area contributed by atoms with Crippen molar-refractivity contribution >= 4 is 22.9 Å². The van der Waals surface area contributed by atoms with Gasteiger partial charge in [0.25, 0.3) is 0 Å². The number of pyridine rings is 1. The lowest BCUT2D eigenvalue weighted by atomic mass is 9.82. The Bertz CT molecular complexity index is 1140. The topological polar surface area (TPSA) is 54.7 Å². The summed E-state index contributed by atoms with van der Waals surface area (Å²) in [6.45, 7) is 0. The van der Waals surface area contributed by atoms with Crippen LogP contribution in [0.2, 0.25) is 0 Å². The first-order valence-electron chi connectivity index (χ1n) is 9.70. The maximum Gasteiger partial charge on any atom is 0.422 e. The Hall–Kier alpha value is -3.00. The molecule has 1 fully saturated rings. The second-order valence-corrected chi connectivity index (χ2v) is 7.84. The second kappa shape index (κ2) is 7.60. The van der Waals surface area contributed by atoms with Crippen molar-refractivity contribution in [2.24, 2.45) is 4.99 Å². The van der Waals surface area contributed by atoms with Gasteiger partial charge in [-0.1, -0.05) is 18.2 Å². The van der Waals surface area contributed by atoms with Crippen LogP contribution in [-0.4, -0.2) is 35.2 Å². The van der Waals surface area contributed by atoms with Gasteiger partial charge in [-0.2, -0.15) is 13.2 Å². The molecule has 1 heterocycles. The zero-order valence-corrected chi connectivity index (χ0v) is 16.7. The quantitative estimate of drug-likeness (QED) is 0.413. The summed E-state index contributed by atoms with van der Waals surface area (Å²) in [6.07, 6.45) is -4.44. The van der Waals surface area contributed by atoms with Crippen LogP contribution in [0.4, 0.5) is 23.4 Å². The summed E-state index contributed by atoms with van der Waals surface area (Å²) in [5.41, 5.74) is -3.37. The van der Waals surface area contributed by atoms with Crippen molar-refractivity contribution in [2.75, 3.05) is 7.11 Å². The van der Waals surface area contributed by atoms with E-state index in [9.17, 15) is 22.7 Å². The number of ether oxygens (including phenoxy) is 1. The molecule has 1 aromatic heterocycles. The molecule has 1 atom stereocenters. The van der Waals surface area contributed by atoms with Crippen LogP contribution >= 0.6 is 0 Å². The summed E-state index contributed by atoms with van der Waals surface area (Å²) < 4.78 is 60.8. The predicted octanol–water partition coefficient (Wildman–Crippen LogP) is 5.50. The maximum atomic E-state index is 13.9. The van der Waals surface area contributed by atoms with Crippen molar-refractivity contribution in [1.29, 1.82) is 0 Å². The van der Waals surface area contributed by atoms with E-state index >= 15 is 0 Å². The van der Waals surface area contributed by atoms with Gasteiger partial charge in [-0.3, -0.25) is 0 Å². The summed E-state index contributed by atoms with van der Waals surface area (Å²) in [7, 11) is 1.37. The Balaban J connectivity index is 1.68. The van der Waals surface area contributed by atoms with E-state index in [1.54, 1.807) is 18.2 Å². The number of hydrogen-bond acceptors (Lipinski definition) is 4. The molecule has 1 aliphatic rings. The lowest BCUT2D eigenvalue weighted by Crippen LogP contribution is -2.49. The van der Waals surface area contributed by atoms with E-state index in [4.69, 9.17) is 4.74 Å². The lowest BCUT2D eigenvalue weighted by molar-refractivity contribution is -0.233. The van der Waals surface area contributed by atoms with Crippen molar-refractivity contribution in [3.05, 3.63) is 66.0 Å². The third-order valence-corrected chi connectivity index (χ3v) is 5.68. The molecule has 0 bridgehead atoms. The standard InChI is InChI=1S/C23H20F4N2O2/c1-31-19-8-7-16(24)12-17(19)21(10-11-21)13-22(30,23(25,26)27)14-28-20-9-6-15-4-2-3-5-18(15)29-20/h2-9,12,14,30H,10-11,13H2,1H3. The Kier molecular flexibility index (Phi) is 5.21. The first-order chi connectivity index (χ1) is 14.7. The number of aliphatic hydroxyl groups is 1. The zero-order chi connectivity index (χ0) is 22.3. The Morgan fingerprint density at radius 2 is 1.87 bits per heavy atom. The van der Waals surface area contributed by atoms with Gasteiger partial charge in [-0.15, -0.1) is 0 Å². The van der Waals surface area contributed by atoms with Gasteiger partial charge >= 0.3 is 6.18 Å². The molecule has 2 aromatic carbocycles. The van der Waals surface area contributed by atoms with Crippen molar-refractivity contribution < 1.29 is 27.4 Å². The first-order valence-corrected chi connectivity index (χ1v) is 9.70. The molecule has 0 saturated heterocycles. The van der Waals surface area contributed by atoms with Gasteiger partial charge < -0.3 is 9.84 Å². The molecule has 31 heavy (non-hydrogen) atoms. The minimum Gasteiger partial charge on any atom is -0.496 e. The van der Waals surface area contributed by atoms with Crippen LogP contribution in [0.25, 0.3) is 10.9 Å². The Morgan fingerprint density at radius 3 is 2.55 bits per heavy atom. The van der Waals surface area contributed by atoms with Crippen LogP contribution in [0.5, 0.6) is 5.75 Å². The van der Waals surface area contributed by atoms with E-state index in [0.717, 1.165) is 5.39 Å². The van der Waals surface area contributed by atoms with Gasteiger partial charge in [0.2, 0.25) is 0 Å². The highest BCUT2D eigenvalue weighted by atomic mass is 19.4. The van der Waals surface area contributed by atoms with Gasteiger partial charge in [0, 0.05) is 29.0 Å². The van der Waals surface area contributed by atoms with E-state index in [1.165, 1.54) is 31.4 Å². The zero-order valence-electron chi connectivity index (χ0n) is 16.7. The number of aliphatic imine (C=N–C) groups is 1. The molecule has 162 valence electrons. The molecule has 0 amide bonds. The number of halogens is 4. The van der Waals surface area contributed by atoms with Crippen LogP contribution in [0, 0.1) is 5.82 Å². The van der Waals surface area contributed by atoms with E-state index in [0.29, 0.717) is 30.1 Å². The van der Waals surface area contributed by atoms with Gasteiger partial charge in [0.15, 0.2) is 11.4 Å². The van der Waals surface area contributed by atoms with Gasteiger partial charge in [-0.25, -0.2) is 14.4 Å². The maximum absolute atomic E-state index is 13.9. The van der Waals surface area contributed by atoms with Crippen molar-refractivity contribution in [2.45, 2.75) is 36.5 Å². The summed E-state index contributed by atoms with van der Waals surface area (Å²) in [5, 5.41) is 11.5. The average molecular weight is 432 g/mol. The second-order valence-electron chi connectivity index (χ2n) is 7.84. The molecule has 1 unspecified atom stereocenters. The highest BCUT2D eigenvalue weighted by molar-refractivity contribution is 5.81. The molecule has 1 saturated carbocycles. The normalized spacial score (nSPS) is 17.6. The molecule has 4 nitrogen and oxygen atoms in total. The molecule has 1 aliphatic carbocycles. The van der Waals surface area contributed by atoms with E-state index in [2.05, 4.69) is 9.98 Å². The highest BCUT2D eigenvalue weighted by Gasteiger charge is 2.60. The number of hydrogen-bond donors (Lipinski definition) is 1. The van der Waals surface area contributed by atoms with E-state index in [-0.39, 0.29) is 11.6 Å². The lowest BCUT2D eigenvalue weighted by Gasteiger charge is -2.31. The van der Waals surface area contributed by atoms with Crippen LogP contribution < -0.4 is 4.74 Å². The third-order valence-electron chi connectivity index (χ3n) is 5.68. The van der Waals surface area contributed by atoms with E-state index in [1.807, 2.05) is 12.1 Å². The Morgan fingerprint density at radius 1 is 1.13 bits per heavy atom. The molecule has 3 aromatic rings. The number of rotatable bonds is 6. The number of benzene rings is 2. The number of methoxy groups -OCH3 is 1.